The number of nitrogens with one attached hydrogen (secondary N) is 1. The van der Waals surface area contributed by atoms with Crippen LogP contribution in [0.3, 0.4) is 0 Å². The lowest BCUT2D eigenvalue weighted by Crippen LogP contribution is -2.51. The average molecular weight is 248 g/mol. The highest BCUT2D eigenvalue weighted by molar-refractivity contribution is 5.76. The van der Waals surface area contributed by atoms with Gasteiger partial charge in [0.25, 0.3) is 0 Å². The molecular weight excluding hydrogens is 228 g/mol. The van der Waals surface area contributed by atoms with E-state index in [-0.39, 0.29) is 5.91 Å². The highest BCUT2D eigenvalue weighted by Gasteiger charge is 2.19. The van der Waals surface area contributed by atoms with Crippen molar-refractivity contribution in [2.24, 2.45) is 0 Å². The summed E-state index contributed by atoms with van der Waals surface area (Å²) in [6.07, 6.45) is 0.446. The van der Waals surface area contributed by atoms with Crippen LogP contribution in [0.5, 0.6) is 5.75 Å². The third-order valence-corrected chi connectivity index (χ3v) is 3.05. The summed E-state index contributed by atoms with van der Waals surface area (Å²) in [5.74, 6) is 0.998. The van der Waals surface area contributed by atoms with Crippen LogP contribution in [-0.2, 0) is 4.79 Å². The predicted octanol–water partition coefficient (Wildman–Crippen LogP) is 1.28. The van der Waals surface area contributed by atoms with Gasteiger partial charge in [-0.1, -0.05) is 18.2 Å². The first kappa shape index (κ1) is 12.9. The molecule has 1 amide bonds. The Bertz CT molecular complexity index is 381. The van der Waals surface area contributed by atoms with E-state index in [2.05, 4.69) is 12.2 Å². The van der Waals surface area contributed by atoms with Crippen molar-refractivity contribution in [1.29, 1.82) is 0 Å². The summed E-state index contributed by atoms with van der Waals surface area (Å²) in [5.41, 5.74) is 0. The summed E-state index contributed by atoms with van der Waals surface area (Å²) in [6.45, 7) is 5.02. The lowest BCUT2D eigenvalue weighted by Gasteiger charge is -2.31. The van der Waals surface area contributed by atoms with Gasteiger partial charge in [0.15, 0.2) is 0 Å². The van der Waals surface area contributed by atoms with Crippen molar-refractivity contribution in [2.75, 3.05) is 26.2 Å². The first-order chi connectivity index (χ1) is 8.75. The molecule has 1 fully saturated rings. The number of amides is 1. The molecule has 1 aromatic rings. The molecule has 1 N–H and O–H groups in total. The van der Waals surface area contributed by atoms with E-state index in [1.165, 1.54) is 0 Å². The molecule has 4 heteroatoms. The first-order valence-corrected chi connectivity index (χ1v) is 6.45. The fourth-order valence-corrected chi connectivity index (χ4v) is 2.09. The third-order valence-electron chi connectivity index (χ3n) is 3.05. The highest BCUT2D eigenvalue weighted by Crippen LogP contribution is 2.09. The first-order valence-electron chi connectivity index (χ1n) is 6.45. The minimum Gasteiger partial charge on any atom is -0.493 e. The standard InChI is InChI=1S/C14H20N2O2/c1-12-11-16(9-8-15-12)14(17)7-10-18-13-5-3-2-4-6-13/h2-6,12,15H,7-11H2,1H3. The van der Waals surface area contributed by atoms with Crippen LogP contribution in [0.2, 0.25) is 0 Å². The van der Waals surface area contributed by atoms with Crippen molar-refractivity contribution in [3.8, 4) is 5.75 Å². The van der Waals surface area contributed by atoms with Gasteiger partial charge in [-0.25, -0.2) is 0 Å². The van der Waals surface area contributed by atoms with Crippen LogP contribution in [-0.4, -0.2) is 43.1 Å². The second kappa shape index (κ2) is 6.40. The molecular formula is C14H20N2O2. The number of para-hydroxylation sites is 1. The van der Waals surface area contributed by atoms with Gasteiger partial charge in [-0.05, 0) is 19.1 Å². The van der Waals surface area contributed by atoms with Gasteiger partial charge in [-0.2, -0.15) is 0 Å². The van der Waals surface area contributed by atoms with Crippen LogP contribution in [0.25, 0.3) is 0 Å². The van der Waals surface area contributed by atoms with E-state index in [0.717, 1.165) is 25.4 Å². The molecule has 1 saturated heterocycles. The van der Waals surface area contributed by atoms with E-state index < -0.39 is 0 Å². The molecule has 0 aromatic heterocycles. The lowest BCUT2D eigenvalue weighted by atomic mass is 10.2. The molecule has 2 rings (SSSR count). The summed E-state index contributed by atoms with van der Waals surface area (Å²) < 4.78 is 5.53. The van der Waals surface area contributed by atoms with Crippen molar-refractivity contribution in [3.05, 3.63) is 30.3 Å². The summed E-state index contributed by atoms with van der Waals surface area (Å²) >= 11 is 0. The van der Waals surface area contributed by atoms with Crippen LogP contribution in [0.15, 0.2) is 30.3 Å². The molecule has 1 heterocycles. The fourth-order valence-electron chi connectivity index (χ4n) is 2.09. The van der Waals surface area contributed by atoms with E-state index in [9.17, 15) is 4.79 Å². The lowest BCUT2D eigenvalue weighted by molar-refractivity contribution is -0.132. The van der Waals surface area contributed by atoms with Gasteiger partial charge in [0.1, 0.15) is 5.75 Å². The number of hydrogen-bond acceptors (Lipinski definition) is 3. The van der Waals surface area contributed by atoms with E-state index in [1.54, 1.807) is 0 Å². The number of hydrogen-bond donors (Lipinski definition) is 1. The van der Waals surface area contributed by atoms with Crippen LogP contribution in [0, 0.1) is 0 Å². The maximum absolute atomic E-state index is 12.0. The molecule has 98 valence electrons. The monoisotopic (exact) mass is 248 g/mol. The van der Waals surface area contributed by atoms with E-state index in [0.29, 0.717) is 19.1 Å². The van der Waals surface area contributed by atoms with Gasteiger partial charge in [-0.15, -0.1) is 0 Å². The van der Waals surface area contributed by atoms with E-state index in [4.69, 9.17) is 4.74 Å². The molecule has 0 aliphatic carbocycles. The second-order valence-electron chi connectivity index (χ2n) is 4.61. The van der Waals surface area contributed by atoms with Gasteiger partial charge in [0, 0.05) is 25.7 Å². The van der Waals surface area contributed by atoms with Crippen molar-refractivity contribution >= 4 is 5.91 Å². The van der Waals surface area contributed by atoms with Gasteiger partial charge in [0.05, 0.1) is 13.0 Å². The zero-order valence-corrected chi connectivity index (χ0v) is 10.8. The predicted molar refractivity (Wildman–Crippen MR) is 70.6 cm³/mol. The molecule has 1 aliphatic heterocycles. The van der Waals surface area contributed by atoms with Crippen molar-refractivity contribution < 1.29 is 9.53 Å². The average Bonchev–Trinajstić information content (AvgIpc) is 2.40. The van der Waals surface area contributed by atoms with Crippen LogP contribution < -0.4 is 10.1 Å². The van der Waals surface area contributed by atoms with Crippen molar-refractivity contribution in [2.45, 2.75) is 19.4 Å². The quantitative estimate of drug-likeness (QED) is 0.872. The second-order valence-corrected chi connectivity index (χ2v) is 4.61. The summed E-state index contributed by atoms with van der Waals surface area (Å²) in [4.78, 5) is 13.9. The number of carbonyl (C=O) groups excluding carboxylic acids is 1. The molecule has 0 saturated carbocycles. The van der Waals surface area contributed by atoms with Crippen molar-refractivity contribution in [1.82, 2.24) is 10.2 Å². The Hall–Kier alpha value is -1.55. The number of nitrogens with zero attached hydrogens (tertiary/aromatic N) is 1. The molecule has 0 bridgehead atoms. The minimum absolute atomic E-state index is 0.180. The molecule has 0 spiro atoms. The zero-order chi connectivity index (χ0) is 12.8. The SMILES string of the molecule is CC1CN(C(=O)CCOc2ccccc2)CCN1. The Morgan fingerprint density at radius 3 is 2.94 bits per heavy atom. The molecule has 4 nitrogen and oxygen atoms in total. The number of benzene rings is 1. The highest BCUT2D eigenvalue weighted by atomic mass is 16.5. The molecule has 1 unspecified atom stereocenters. The van der Waals surface area contributed by atoms with Gasteiger partial charge in [-0.3, -0.25) is 4.79 Å². The van der Waals surface area contributed by atoms with Gasteiger partial charge in [0.2, 0.25) is 5.91 Å². The molecule has 0 radical (unpaired) electrons. The Morgan fingerprint density at radius 2 is 2.22 bits per heavy atom. The summed E-state index contributed by atoms with van der Waals surface area (Å²) in [7, 11) is 0. The Balaban J connectivity index is 1.71. The Morgan fingerprint density at radius 1 is 1.44 bits per heavy atom. The largest absolute Gasteiger partial charge is 0.493 e. The molecule has 1 aliphatic rings. The molecule has 1 aromatic carbocycles. The third kappa shape index (κ3) is 3.74. The summed E-state index contributed by atoms with van der Waals surface area (Å²) in [6, 6.07) is 9.98. The van der Waals surface area contributed by atoms with Gasteiger partial charge >= 0.3 is 0 Å². The van der Waals surface area contributed by atoms with Crippen LogP contribution in [0.1, 0.15) is 13.3 Å². The Kier molecular flexibility index (Phi) is 4.59. The zero-order valence-electron chi connectivity index (χ0n) is 10.8. The van der Waals surface area contributed by atoms with Crippen molar-refractivity contribution in [3.63, 3.8) is 0 Å². The number of piperazine rings is 1. The summed E-state index contributed by atoms with van der Waals surface area (Å²) in [5, 5.41) is 3.32. The fraction of sp³-hybridized carbons (Fsp3) is 0.500. The maximum atomic E-state index is 12.0. The van der Waals surface area contributed by atoms with Crippen LogP contribution in [0.4, 0.5) is 0 Å². The minimum atomic E-state index is 0.180. The topological polar surface area (TPSA) is 41.6 Å². The Labute approximate surface area is 108 Å². The van der Waals surface area contributed by atoms with E-state index >= 15 is 0 Å². The normalized spacial score (nSPS) is 19.6. The number of carbonyl (C=O) groups is 1. The smallest absolute Gasteiger partial charge is 0.226 e. The molecule has 1 atom stereocenters. The number of ether oxygens (including phenoxy) is 1. The van der Waals surface area contributed by atoms with Gasteiger partial charge < -0.3 is 15.0 Å². The number of rotatable bonds is 4. The van der Waals surface area contributed by atoms with Crippen LogP contribution >= 0.6 is 0 Å². The molecule has 18 heavy (non-hydrogen) atoms. The maximum Gasteiger partial charge on any atom is 0.226 e. The van der Waals surface area contributed by atoms with E-state index in [1.807, 2.05) is 35.2 Å².